The summed E-state index contributed by atoms with van der Waals surface area (Å²) in [4.78, 5) is 7.26. The summed E-state index contributed by atoms with van der Waals surface area (Å²) in [6.45, 7) is 7.77. The van der Waals surface area contributed by atoms with E-state index in [9.17, 15) is 0 Å². The summed E-state index contributed by atoms with van der Waals surface area (Å²) in [7, 11) is 0. The van der Waals surface area contributed by atoms with Gasteiger partial charge in [0.25, 0.3) is 0 Å². The third-order valence-electron chi connectivity index (χ3n) is 4.38. The molecule has 0 spiro atoms. The van der Waals surface area contributed by atoms with Crippen LogP contribution in [0.25, 0.3) is 5.65 Å². The van der Waals surface area contributed by atoms with Crippen LogP contribution in [-0.4, -0.2) is 39.5 Å². The molecule has 0 saturated carbocycles. The van der Waals surface area contributed by atoms with Crippen LogP contribution in [0.2, 0.25) is 0 Å². The summed E-state index contributed by atoms with van der Waals surface area (Å²) in [5.74, 6) is 0. The number of piperidine rings is 1. The summed E-state index contributed by atoms with van der Waals surface area (Å²) >= 11 is 0. The van der Waals surface area contributed by atoms with Gasteiger partial charge in [0, 0.05) is 37.6 Å². The van der Waals surface area contributed by atoms with Gasteiger partial charge in [0.2, 0.25) is 0 Å². The van der Waals surface area contributed by atoms with Crippen molar-refractivity contribution >= 4 is 5.65 Å². The number of hydrogen-bond donors (Lipinski definition) is 1. The lowest BCUT2D eigenvalue weighted by Crippen LogP contribution is -2.45. The van der Waals surface area contributed by atoms with Crippen LogP contribution < -0.4 is 5.32 Å². The van der Waals surface area contributed by atoms with Crippen LogP contribution in [-0.2, 0) is 6.54 Å². The third-order valence-corrected chi connectivity index (χ3v) is 4.38. The predicted molar refractivity (Wildman–Crippen MR) is 86.4 cm³/mol. The standard InChI is InChI=1S/C17H26N4/c1-14(2)21(11-15-7-3-5-9-18-15)13-16-12-20-10-6-4-8-17(20)19-16/h4,6,8,10,12,14-15,18H,3,5,7,9,11,13H2,1-2H3. The predicted octanol–water partition coefficient (Wildman–Crippen LogP) is 2.69. The van der Waals surface area contributed by atoms with E-state index in [-0.39, 0.29) is 0 Å². The molecule has 4 heteroatoms. The number of pyridine rings is 1. The van der Waals surface area contributed by atoms with E-state index in [1.165, 1.54) is 25.8 Å². The Hall–Kier alpha value is -1.39. The second kappa shape index (κ2) is 6.58. The maximum atomic E-state index is 4.73. The molecule has 1 aliphatic rings. The monoisotopic (exact) mass is 286 g/mol. The first-order valence-corrected chi connectivity index (χ1v) is 8.12. The zero-order valence-electron chi connectivity index (χ0n) is 13.1. The highest BCUT2D eigenvalue weighted by atomic mass is 15.2. The van der Waals surface area contributed by atoms with Gasteiger partial charge in [0.1, 0.15) is 5.65 Å². The Labute approximate surface area is 127 Å². The minimum Gasteiger partial charge on any atom is -0.313 e. The fourth-order valence-corrected chi connectivity index (χ4v) is 3.09. The fraction of sp³-hybridized carbons (Fsp3) is 0.588. The van der Waals surface area contributed by atoms with Crippen LogP contribution in [0, 0.1) is 0 Å². The van der Waals surface area contributed by atoms with Crippen molar-refractivity contribution in [1.29, 1.82) is 0 Å². The normalized spacial score (nSPS) is 19.7. The molecule has 0 amide bonds. The van der Waals surface area contributed by atoms with Crippen LogP contribution in [0.1, 0.15) is 38.8 Å². The SMILES string of the molecule is CC(C)N(Cc1cn2ccccc2n1)CC1CCCCN1. The number of rotatable bonds is 5. The van der Waals surface area contributed by atoms with E-state index in [1.807, 2.05) is 12.1 Å². The van der Waals surface area contributed by atoms with Crippen molar-refractivity contribution in [3.05, 3.63) is 36.3 Å². The van der Waals surface area contributed by atoms with Crippen molar-refractivity contribution in [2.45, 2.75) is 51.7 Å². The topological polar surface area (TPSA) is 32.6 Å². The molecule has 3 rings (SSSR count). The van der Waals surface area contributed by atoms with E-state index in [0.29, 0.717) is 12.1 Å². The van der Waals surface area contributed by atoms with E-state index in [1.54, 1.807) is 0 Å². The summed E-state index contributed by atoms with van der Waals surface area (Å²) in [6, 6.07) is 7.33. The van der Waals surface area contributed by atoms with Gasteiger partial charge in [-0.3, -0.25) is 4.90 Å². The smallest absolute Gasteiger partial charge is 0.137 e. The number of aromatic nitrogens is 2. The first-order valence-electron chi connectivity index (χ1n) is 8.12. The Morgan fingerprint density at radius 3 is 3.00 bits per heavy atom. The van der Waals surface area contributed by atoms with Crippen LogP contribution in [0.15, 0.2) is 30.6 Å². The van der Waals surface area contributed by atoms with Crippen LogP contribution in [0.3, 0.4) is 0 Å². The molecular weight excluding hydrogens is 260 g/mol. The van der Waals surface area contributed by atoms with Crippen molar-refractivity contribution < 1.29 is 0 Å². The molecule has 3 heterocycles. The Bertz CT molecular complexity index is 536. The minimum absolute atomic E-state index is 0.540. The molecule has 0 bridgehead atoms. The van der Waals surface area contributed by atoms with Crippen LogP contribution in [0.5, 0.6) is 0 Å². The quantitative estimate of drug-likeness (QED) is 0.917. The van der Waals surface area contributed by atoms with E-state index >= 15 is 0 Å². The van der Waals surface area contributed by atoms with Gasteiger partial charge in [-0.05, 0) is 45.4 Å². The molecule has 1 atom stereocenters. The first kappa shape index (κ1) is 14.5. The van der Waals surface area contributed by atoms with Gasteiger partial charge in [0.15, 0.2) is 0 Å². The molecule has 1 unspecified atom stereocenters. The zero-order valence-corrected chi connectivity index (χ0v) is 13.1. The fourth-order valence-electron chi connectivity index (χ4n) is 3.09. The summed E-state index contributed by atoms with van der Waals surface area (Å²) in [5, 5.41) is 3.65. The van der Waals surface area contributed by atoms with Gasteiger partial charge in [-0.2, -0.15) is 0 Å². The first-order chi connectivity index (χ1) is 10.2. The van der Waals surface area contributed by atoms with Gasteiger partial charge in [-0.1, -0.05) is 12.5 Å². The van der Waals surface area contributed by atoms with Crippen LogP contribution in [0.4, 0.5) is 0 Å². The molecule has 1 aliphatic heterocycles. The Morgan fingerprint density at radius 1 is 1.38 bits per heavy atom. The van der Waals surface area contributed by atoms with Gasteiger partial charge < -0.3 is 9.72 Å². The molecule has 21 heavy (non-hydrogen) atoms. The molecule has 1 N–H and O–H groups in total. The molecule has 0 radical (unpaired) electrons. The maximum absolute atomic E-state index is 4.73. The highest BCUT2D eigenvalue weighted by Gasteiger charge is 2.19. The van der Waals surface area contributed by atoms with E-state index in [2.05, 4.69) is 46.9 Å². The largest absolute Gasteiger partial charge is 0.313 e. The molecule has 2 aromatic rings. The summed E-state index contributed by atoms with van der Waals surface area (Å²) in [5.41, 5.74) is 2.19. The maximum Gasteiger partial charge on any atom is 0.137 e. The molecule has 4 nitrogen and oxygen atoms in total. The van der Waals surface area contributed by atoms with E-state index in [0.717, 1.165) is 24.4 Å². The van der Waals surface area contributed by atoms with Gasteiger partial charge in [0.05, 0.1) is 5.69 Å². The molecule has 2 aromatic heterocycles. The highest BCUT2D eigenvalue weighted by molar-refractivity contribution is 5.39. The number of hydrogen-bond acceptors (Lipinski definition) is 3. The lowest BCUT2D eigenvalue weighted by molar-refractivity contribution is 0.175. The Morgan fingerprint density at radius 2 is 2.29 bits per heavy atom. The van der Waals surface area contributed by atoms with Crippen molar-refractivity contribution in [1.82, 2.24) is 19.6 Å². The Balaban J connectivity index is 1.68. The van der Waals surface area contributed by atoms with E-state index in [4.69, 9.17) is 4.98 Å². The number of fused-ring (bicyclic) bond motifs is 1. The lowest BCUT2D eigenvalue weighted by Gasteiger charge is -2.32. The van der Waals surface area contributed by atoms with Gasteiger partial charge in [-0.15, -0.1) is 0 Å². The zero-order chi connectivity index (χ0) is 14.7. The average Bonchev–Trinajstić information content (AvgIpc) is 2.90. The molecular formula is C17H26N4. The number of imidazole rings is 1. The number of nitrogens with zero attached hydrogens (tertiary/aromatic N) is 3. The third kappa shape index (κ3) is 3.63. The number of nitrogens with one attached hydrogen (secondary N) is 1. The molecule has 1 fully saturated rings. The van der Waals surface area contributed by atoms with Crippen molar-refractivity contribution in [2.24, 2.45) is 0 Å². The summed E-state index contributed by atoms with van der Waals surface area (Å²) < 4.78 is 2.10. The molecule has 114 valence electrons. The molecule has 0 aliphatic carbocycles. The second-order valence-electron chi connectivity index (χ2n) is 6.37. The highest BCUT2D eigenvalue weighted by Crippen LogP contribution is 2.14. The summed E-state index contributed by atoms with van der Waals surface area (Å²) in [6.07, 6.45) is 8.20. The molecule has 0 aromatic carbocycles. The van der Waals surface area contributed by atoms with Crippen molar-refractivity contribution in [3.63, 3.8) is 0 Å². The molecule has 1 saturated heterocycles. The van der Waals surface area contributed by atoms with Crippen molar-refractivity contribution in [3.8, 4) is 0 Å². The van der Waals surface area contributed by atoms with E-state index < -0.39 is 0 Å². The second-order valence-corrected chi connectivity index (χ2v) is 6.37. The van der Waals surface area contributed by atoms with Crippen LogP contribution >= 0.6 is 0 Å². The van der Waals surface area contributed by atoms with Gasteiger partial charge >= 0.3 is 0 Å². The Kier molecular flexibility index (Phi) is 4.56. The lowest BCUT2D eigenvalue weighted by atomic mass is 10.0. The van der Waals surface area contributed by atoms with Gasteiger partial charge in [-0.25, -0.2) is 4.98 Å². The average molecular weight is 286 g/mol. The van der Waals surface area contributed by atoms with Crippen molar-refractivity contribution in [2.75, 3.05) is 13.1 Å². The minimum atomic E-state index is 0.540.